The number of aromatic nitrogens is 2. The van der Waals surface area contributed by atoms with Crippen LogP contribution in [0.2, 0.25) is 5.02 Å². The van der Waals surface area contributed by atoms with Crippen LogP contribution >= 0.6 is 11.6 Å². The van der Waals surface area contributed by atoms with Gasteiger partial charge in [0.05, 0.1) is 10.6 Å². The lowest BCUT2D eigenvalue weighted by Crippen LogP contribution is -2.16. The van der Waals surface area contributed by atoms with E-state index in [4.69, 9.17) is 17.3 Å². The minimum absolute atomic E-state index is 0.141. The molecule has 0 aliphatic rings. The van der Waals surface area contributed by atoms with Gasteiger partial charge in [0.1, 0.15) is 12.0 Å². The predicted molar refractivity (Wildman–Crippen MR) is 89.6 cm³/mol. The molecule has 1 aromatic heterocycles. The van der Waals surface area contributed by atoms with E-state index in [1.165, 1.54) is 18.5 Å². The molecule has 1 heterocycles. The summed E-state index contributed by atoms with van der Waals surface area (Å²) >= 11 is 5.61. The molecule has 130 valence electrons. The van der Waals surface area contributed by atoms with Crippen LogP contribution in [0, 0.1) is 0 Å². The third kappa shape index (κ3) is 4.19. The summed E-state index contributed by atoms with van der Waals surface area (Å²) in [7, 11) is 0. The number of nitrogens with zero attached hydrogens (tertiary/aromatic N) is 2. The molecule has 0 amide bonds. The molecule has 1 aromatic carbocycles. The van der Waals surface area contributed by atoms with Crippen molar-refractivity contribution in [2.75, 3.05) is 16.4 Å². The second-order valence-electron chi connectivity index (χ2n) is 5.26. The van der Waals surface area contributed by atoms with Gasteiger partial charge in [-0.05, 0) is 31.5 Å². The summed E-state index contributed by atoms with van der Waals surface area (Å²) in [6, 6.07) is 3.64. The van der Waals surface area contributed by atoms with Crippen molar-refractivity contribution in [2.45, 2.75) is 32.5 Å². The monoisotopic (exact) mass is 359 g/mol. The average molecular weight is 360 g/mol. The Morgan fingerprint density at radius 1 is 1.25 bits per heavy atom. The molecule has 24 heavy (non-hydrogen) atoms. The highest BCUT2D eigenvalue weighted by atomic mass is 35.5. The standard InChI is InChI=1S/C15H17ClF3N5/c1-3-8(2)23-13-12(20)14(22-7-21-13)24-9-4-5-11(16)10(6-9)15(17,18)19/h4-8H,3,20H2,1-2H3,(H2,21,22,23,24). The van der Waals surface area contributed by atoms with Gasteiger partial charge in [0.2, 0.25) is 0 Å². The van der Waals surface area contributed by atoms with Crippen molar-refractivity contribution in [1.29, 1.82) is 0 Å². The van der Waals surface area contributed by atoms with E-state index in [9.17, 15) is 13.2 Å². The molecule has 9 heteroatoms. The maximum Gasteiger partial charge on any atom is 0.417 e. The number of hydrogen-bond donors (Lipinski definition) is 3. The fourth-order valence-electron chi connectivity index (χ4n) is 1.90. The van der Waals surface area contributed by atoms with Gasteiger partial charge in [-0.1, -0.05) is 18.5 Å². The van der Waals surface area contributed by atoms with E-state index >= 15 is 0 Å². The van der Waals surface area contributed by atoms with Gasteiger partial charge in [0, 0.05) is 11.7 Å². The van der Waals surface area contributed by atoms with E-state index in [0.29, 0.717) is 5.82 Å². The Bertz CT molecular complexity index is 721. The third-order valence-corrected chi connectivity index (χ3v) is 3.74. The Morgan fingerprint density at radius 2 is 1.92 bits per heavy atom. The lowest BCUT2D eigenvalue weighted by molar-refractivity contribution is -0.137. The number of nitrogens with one attached hydrogen (secondary N) is 2. The van der Waals surface area contributed by atoms with Gasteiger partial charge < -0.3 is 16.4 Å². The number of anilines is 4. The molecular formula is C15H17ClF3N5. The van der Waals surface area contributed by atoms with Crippen LogP contribution in [0.3, 0.4) is 0 Å². The molecule has 0 aliphatic carbocycles. The van der Waals surface area contributed by atoms with Gasteiger partial charge in [-0.15, -0.1) is 0 Å². The normalized spacial score (nSPS) is 12.8. The number of nitrogens with two attached hydrogens (primary N) is 1. The molecule has 1 unspecified atom stereocenters. The number of rotatable bonds is 5. The van der Waals surface area contributed by atoms with Gasteiger partial charge in [-0.2, -0.15) is 13.2 Å². The molecular weight excluding hydrogens is 343 g/mol. The largest absolute Gasteiger partial charge is 0.417 e. The highest BCUT2D eigenvalue weighted by Gasteiger charge is 2.33. The van der Waals surface area contributed by atoms with Gasteiger partial charge >= 0.3 is 6.18 Å². The quantitative estimate of drug-likeness (QED) is 0.722. The van der Waals surface area contributed by atoms with E-state index < -0.39 is 11.7 Å². The maximum absolute atomic E-state index is 12.9. The van der Waals surface area contributed by atoms with Gasteiger partial charge in [-0.25, -0.2) is 9.97 Å². The van der Waals surface area contributed by atoms with Crippen LogP contribution in [0.5, 0.6) is 0 Å². The highest BCUT2D eigenvalue weighted by molar-refractivity contribution is 6.31. The van der Waals surface area contributed by atoms with Crippen molar-refractivity contribution in [3.8, 4) is 0 Å². The van der Waals surface area contributed by atoms with Crippen molar-refractivity contribution in [3.05, 3.63) is 35.1 Å². The lowest BCUT2D eigenvalue weighted by Gasteiger charge is -2.16. The van der Waals surface area contributed by atoms with Crippen molar-refractivity contribution in [2.24, 2.45) is 0 Å². The van der Waals surface area contributed by atoms with Gasteiger partial charge in [-0.3, -0.25) is 0 Å². The zero-order valence-corrected chi connectivity index (χ0v) is 13.8. The number of alkyl halides is 3. The summed E-state index contributed by atoms with van der Waals surface area (Å²) in [5.74, 6) is 0.637. The Balaban J connectivity index is 2.30. The average Bonchev–Trinajstić information content (AvgIpc) is 2.51. The van der Waals surface area contributed by atoms with Crippen LogP contribution in [-0.2, 0) is 6.18 Å². The first-order chi connectivity index (χ1) is 11.2. The SMILES string of the molecule is CCC(C)Nc1ncnc(Nc2ccc(Cl)c(C(F)(F)F)c2)c1N. The second-order valence-corrected chi connectivity index (χ2v) is 5.66. The van der Waals surface area contributed by atoms with E-state index in [2.05, 4.69) is 20.6 Å². The Morgan fingerprint density at radius 3 is 2.54 bits per heavy atom. The molecule has 0 saturated heterocycles. The molecule has 0 bridgehead atoms. The fourth-order valence-corrected chi connectivity index (χ4v) is 2.13. The summed E-state index contributed by atoms with van der Waals surface area (Å²) in [6.45, 7) is 3.96. The molecule has 0 radical (unpaired) electrons. The summed E-state index contributed by atoms with van der Waals surface area (Å²) < 4.78 is 38.8. The molecule has 2 rings (SSSR count). The van der Waals surface area contributed by atoms with Crippen molar-refractivity contribution >= 4 is 34.6 Å². The minimum atomic E-state index is -4.55. The molecule has 0 aliphatic heterocycles. The first-order valence-corrected chi connectivity index (χ1v) is 7.61. The number of halogens is 4. The maximum atomic E-state index is 12.9. The van der Waals surface area contributed by atoms with Crippen LogP contribution in [-0.4, -0.2) is 16.0 Å². The van der Waals surface area contributed by atoms with Crippen LogP contribution in [0.15, 0.2) is 24.5 Å². The molecule has 5 nitrogen and oxygen atoms in total. The van der Waals surface area contributed by atoms with Crippen molar-refractivity contribution < 1.29 is 13.2 Å². The Labute approximate surface area is 142 Å². The van der Waals surface area contributed by atoms with E-state index in [-0.39, 0.29) is 28.3 Å². The molecule has 0 spiro atoms. The van der Waals surface area contributed by atoms with Crippen molar-refractivity contribution in [1.82, 2.24) is 9.97 Å². The zero-order chi connectivity index (χ0) is 17.9. The summed E-state index contributed by atoms with van der Waals surface area (Å²) in [5, 5.41) is 5.51. The van der Waals surface area contributed by atoms with E-state index in [1.807, 2.05) is 13.8 Å². The summed E-state index contributed by atoms with van der Waals surface area (Å²) in [4.78, 5) is 8.03. The molecule has 4 N–H and O–H groups in total. The molecule has 2 aromatic rings. The number of benzene rings is 1. The zero-order valence-electron chi connectivity index (χ0n) is 13.1. The topological polar surface area (TPSA) is 75.9 Å². The first kappa shape index (κ1) is 18.1. The predicted octanol–water partition coefficient (Wildman–Crippen LogP) is 4.69. The Hall–Kier alpha value is -2.22. The Kier molecular flexibility index (Phi) is 5.38. The highest BCUT2D eigenvalue weighted by Crippen LogP contribution is 2.37. The van der Waals surface area contributed by atoms with Gasteiger partial charge in [0.25, 0.3) is 0 Å². The van der Waals surface area contributed by atoms with Crippen LogP contribution in [0.25, 0.3) is 0 Å². The minimum Gasteiger partial charge on any atom is -0.393 e. The fraction of sp³-hybridized carbons (Fsp3) is 0.333. The summed E-state index contributed by atoms with van der Waals surface area (Å²) in [5.41, 5.74) is 5.46. The van der Waals surface area contributed by atoms with Crippen LogP contribution in [0.1, 0.15) is 25.8 Å². The number of nitrogen functional groups attached to an aromatic ring is 1. The van der Waals surface area contributed by atoms with E-state index in [0.717, 1.165) is 12.5 Å². The lowest BCUT2D eigenvalue weighted by atomic mass is 10.2. The van der Waals surface area contributed by atoms with Crippen LogP contribution in [0.4, 0.5) is 36.2 Å². The first-order valence-electron chi connectivity index (χ1n) is 7.23. The summed E-state index contributed by atoms with van der Waals surface area (Å²) in [6.07, 6.45) is -2.41. The number of hydrogen-bond acceptors (Lipinski definition) is 5. The molecule has 0 saturated carbocycles. The van der Waals surface area contributed by atoms with E-state index in [1.54, 1.807) is 0 Å². The molecule has 1 atom stereocenters. The van der Waals surface area contributed by atoms with Crippen molar-refractivity contribution in [3.63, 3.8) is 0 Å². The molecule has 0 fully saturated rings. The smallest absolute Gasteiger partial charge is 0.393 e. The van der Waals surface area contributed by atoms with Gasteiger partial charge in [0.15, 0.2) is 11.6 Å². The van der Waals surface area contributed by atoms with Crippen LogP contribution < -0.4 is 16.4 Å². The second kappa shape index (κ2) is 7.12. The third-order valence-electron chi connectivity index (χ3n) is 3.41.